The van der Waals surface area contributed by atoms with Crippen LogP contribution in [0, 0.1) is 11.8 Å². The average Bonchev–Trinajstić information content (AvgIpc) is 3.01. The molecule has 1 aliphatic heterocycles. The first-order valence-corrected chi connectivity index (χ1v) is 10.2. The number of nitrogens with zero attached hydrogens (tertiary/aromatic N) is 1. The van der Waals surface area contributed by atoms with Gasteiger partial charge in [0.15, 0.2) is 4.33 Å². The van der Waals surface area contributed by atoms with Gasteiger partial charge in [-0.05, 0) is 24.3 Å². The topological polar surface area (TPSA) is 63.7 Å². The van der Waals surface area contributed by atoms with Crippen molar-refractivity contribution >= 4 is 99.0 Å². The third-order valence-corrected chi connectivity index (χ3v) is 9.63. The van der Waals surface area contributed by atoms with Crippen molar-refractivity contribution in [2.75, 3.05) is 0 Å². The number of imide groups is 1. The Hall–Kier alpha value is -0.400. The van der Waals surface area contributed by atoms with E-state index in [0.29, 0.717) is 10.1 Å². The number of benzene rings is 1. The number of rotatable bonds is 2. The van der Waals surface area contributed by atoms with Gasteiger partial charge in [-0.25, -0.2) is 4.79 Å². The lowest BCUT2D eigenvalue weighted by Crippen LogP contribution is -2.50. The summed E-state index contributed by atoms with van der Waals surface area (Å²) in [6.07, 6.45) is 0. The summed E-state index contributed by atoms with van der Waals surface area (Å²) in [6.45, 7) is 0. The molecule has 2 fully saturated rings. The van der Waals surface area contributed by atoms with Crippen LogP contribution in [0.4, 0.5) is 0 Å². The number of hydroxylamine groups is 2. The molecule has 0 unspecified atom stereocenters. The van der Waals surface area contributed by atoms with Crippen LogP contribution in [0.15, 0.2) is 34.3 Å². The molecule has 0 aromatic heterocycles. The Morgan fingerprint density at radius 3 is 1.71 bits per heavy atom. The molecule has 2 aliphatic carbocycles. The van der Waals surface area contributed by atoms with Gasteiger partial charge in [0.25, 0.3) is 11.8 Å². The van der Waals surface area contributed by atoms with E-state index in [2.05, 4.69) is 0 Å². The molecule has 5 nitrogen and oxygen atoms in total. The summed E-state index contributed by atoms with van der Waals surface area (Å²) in [6, 6.07) is 5.62. The zero-order valence-corrected chi connectivity index (χ0v) is 18.5. The van der Waals surface area contributed by atoms with Crippen LogP contribution in [0.1, 0.15) is 10.4 Å². The van der Waals surface area contributed by atoms with Crippen molar-refractivity contribution < 1.29 is 19.2 Å². The molecule has 1 heterocycles. The third-order valence-electron chi connectivity index (χ3n) is 5.12. The van der Waals surface area contributed by atoms with Gasteiger partial charge >= 0.3 is 5.97 Å². The van der Waals surface area contributed by atoms with Gasteiger partial charge in [0.1, 0.15) is 9.75 Å². The van der Waals surface area contributed by atoms with Gasteiger partial charge in [-0.15, -0.1) is 28.3 Å². The molecule has 1 aromatic carbocycles. The van der Waals surface area contributed by atoms with E-state index in [1.807, 2.05) is 0 Å². The Bertz CT molecular complexity index is 932. The van der Waals surface area contributed by atoms with E-state index in [1.54, 1.807) is 0 Å². The maximum absolute atomic E-state index is 12.9. The predicted molar refractivity (Wildman–Crippen MR) is 106 cm³/mol. The average molecular weight is 524 g/mol. The van der Waals surface area contributed by atoms with E-state index >= 15 is 0 Å². The Balaban J connectivity index is 1.71. The Morgan fingerprint density at radius 2 is 1.29 bits per heavy atom. The largest absolute Gasteiger partial charge is 0.363 e. The lowest BCUT2D eigenvalue weighted by Gasteiger charge is -2.34. The van der Waals surface area contributed by atoms with Crippen LogP contribution in [0.3, 0.4) is 0 Å². The molecule has 0 radical (unpaired) electrons. The van der Waals surface area contributed by atoms with Gasteiger partial charge in [0.05, 0.1) is 27.5 Å². The molecule has 3 aliphatic rings. The molecule has 2 bridgehead atoms. The van der Waals surface area contributed by atoms with Crippen LogP contribution in [-0.4, -0.2) is 36.9 Å². The van der Waals surface area contributed by atoms with Gasteiger partial charge in [0.2, 0.25) is 0 Å². The first-order valence-electron chi connectivity index (χ1n) is 7.58. The number of alkyl halides is 4. The minimum absolute atomic E-state index is 0.0597. The minimum Gasteiger partial charge on any atom is -0.325 e. The van der Waals surface area contributed by atoms with Gasteiger partial charge in [-0.3, -0.25) is 9.59 Å². The summed E-state index contributed by atoms with van der Waals surface area (Å²) in [5.74, 6) is -5.62. The first kappa shape index (κ1) is 20.9. The first-order chi connectivity index (χ1) is 12.9. The van der Waals surface area contributed by atoms with Crippen molar-refractivity contribution in [3.05, 3.63) is 44.9 Å². The molecule has 28 heavy (non-hydrogen) atoms. The number of fused-ring (bicyclic) bond motifs is 5. The van der Waals surface area contributed by atoms with E-state index in [-0.39, 0.29) is 15.6 Å². The van der Waals surface area contributed by atoms with E-state index < -0.39 is 43.7 Å². The highest BCUT2D eigenvalue weighted by Crippen LogP contribution is 2.77. The third kappa shape index (κ3) is 2.22. The lowest BCUT2D eigenvalue weighted by atomic mass is 9.84. The zero-order valence-electron chi connectivity index (χ0n) is 13.2. The molecule has 4 atom stereocenters. The van der Waals surface area contributed by atoms with E-state index in [4.69, 9.17) is 86.0 Å². The smallest absolute Gasteiger partial charge is 0.325 e. The Kier molecular flexibility index (Phi) is 4.69. The zero-order chi connectivity index (χ0) is 20.8. The molecular formula is C16H6Cl7NO4. The maximum atomic E-state index is 12.9. The van der Waals surface area contributed by atoms with E-state index in [9.17, 15) is 14.4 Å². The molecule has 12 heteroatoms. The highest BCUT2D eigenvalue weighted by molar-refractivity contribution is 6.66. The second-order valence-electron chi connectivity index (χ2n) is 6.44. The van der Waals surface area contributed by atoms with E-state index in [0.717, 1.165) is 0 Å². The number of carbonyl (C=O) groups is 3. The monoisotopic (exact) mass is 521 g/mol. The van der Waals surface area contributed by atoms with Gasteiger partial charge < -0.3 is 4.84 Å². The van der Waals surface area contributed by atoms with Crippen LogP contribution in [0.2, 0.25) is 5.02 Å². The molecule has 1 saturated carbocycles. The minimum atomic E-state index is -2.05. The molecule has 4 rings (SSSR count). The summed E-state index contributed by atoms with van der Waals surface area (Å²) in [5, 5.41) is 0.219. The molecular weight excluding hydrogens is 518 g/mol. The van der Waals surface area contributed by atoms with Gasteiger partial charge in [-0.2, -0.15) is 0 Å². The van der Waals surface area contributed by atoms with Crippen molar-refractivity contribution in [3.63, 3.8) is 0 Å². The normalized spacial score (nSPS) is 35.6. The summed E-state index contributed by atoms with van der Waals surface area (Å²) in [5.41, 5.74) is 0.0597. The second kappa shape index (κ2) is 6.30. The fourth-order valence-corrected chi connectivity index (χ4v) is 6.84. The van der Waals surface area contributed by atoms with Crippen molar-refractivity contribution in [1.29, 1.82) is 0 Å². The number of carbonyl (C=O) groups excluding carboxylic acids is 3. The van der Waals surface area contributed by atoms with Crippen LogP contribution < -0.4 is 0 Å². The molecule has 1 aromatic rings. The fraction of sp³-hybridized carbons (Fsp3) is 0.312. The highest BCUT2D eigenvalue weighted by Gasteiger charge is 2.88. The standard InChI is InChI=1S/C16H6Cl7NO4/c17-6-3-1-5(2-4-6)13(27)28-24-11(25)7-8(12(24)26)15(21)10(19)9(18)14(7,20)16(15,22)23/h1-4,7-8H/t7-,8-,14+,15+/m1/s1. The summed E-state index contributed by atoms with van der Waals surface area (Å²) in [7, 11) is 0. The van der Waals surface area contributed by atoms with Crippen molar-refractivity contribution in [3.8, 4) is 0 Å². The molecule has 0 N–H and O–H groups in total. The van der Waals surface area contributed by atoms with Gasteiger partial charge in [-0.1, -0.05) is 58.0 Å². The number of allylic oxidation sites excluding steroid dienone is 2. The molecule has 2 amide bonds. The summed E-state index contributed by atoms with van der Waals surface area (Å²) >= 11 is 43.9. The number of hydrogen-bond donors (Lipinski definition) is 0. The lowest BCUT2D eigenvalue weighted by molar-refractivity contribution is -0.175. The molecule has 148 valence electrons. The SMILES string of the molecule is O=C(ON1C(=O)[C@H]2[C@H](C1=O)[C@]1(Cl)C(Cl)=C(Cl)[C@]2(Cl)C1(Cl)Cl)c1ccc(Cl)cc1. The van der Waals surface area contributed by atoms with Crippen molar-refractivity contribution in [2.45, 2.75) is 14.1 Å². The number of halogens is 7. The van der Waals surface area contributed by atoms with Crippen LogP contribution >= 0.6 is 81.2 Å². The van der Waals surface area contributed by atoms with Crippen molar-refractivity contribution in [2.24, 2.45) is 11.8 Å². The predicted octanol–water partition coefficient (Wildman–Crippen LogP) is 4.86. The molecule has 0 spiro atoms. The Morgan fingerprint density at radius 1 is 0.857 bits per heavy atom. The molecule has 1 saturated heterocycles. The highest BCUT2D eigenvalue weighted by atomic mass is 35.5. The Labute approximate surface area is 193 Å². The summed E-state index contributed by atoms with van der Waals surface area (Å²) < 4.78 is -2.05. The second-order valence-corrected chi connectivity index (χ2v) is 10.1. The fourth-order valence-electron chi connectivity index (χ4n) is 3.78. The summed E-state index contributed by atoms with van der Waals surface area (Å²) in [4.78, 5) is 39.2. The maximum Gasteiger partial charge on any atom is 0.363 e. The number of amides is 2. The van der Waals surface area contributed by atoms with Crippen LogP contribution in [-0.2, 0) is 14.4 Å². The van der Waals surface area contributed by atoms with Gasteiger partial charge in [0, 0.05) is 5.02 Å². The number of hydrogen-bond acceptors (Lipinski definition) is 4. The van der Waals surface area contributed by atoms with Crippen LogP contribution in [0.5, 0.6) is 0 Å². The van der Waals surface area contributed by atoms with E-state index in [1.165, 1.54) is 24.3 Å². The van der Waals surface area contributed by atoms with Crippen LogP contribution in [0.25, 0.3) is 0 Å². The van der Waals surface area contributed by atoms with Crippen molar-refractivity contribution in [1.82, 2.24) is 5.06 Å². The quantitative estimate of drug-likeness (QED) is 0.410.